The smallest absolute Gasteiger partial charge is 0.255 e. The molecule has 2 heterocycles. The molecule has 1 unspecified atom stereocenters. The molecule has 1 amide bonds. The van der Waals surface area contributed by atoms with E-state index in [2.05, 4.69) is 76.1 Å². The third-order valence-electron chi connectivity index (χ3n) is 8.54. The van der Waals surface area contributed by atoms with Crippen molar-refractivity contribution in [1.82, 2.24) is 4.90 Å². The molecule has 1 saturated heterocycles. The maximum Gasteiger partial charge on any atom is 0.255 e. The quantitative estimate of drug-likeness (QED) is 0.387. The van der Waals surface area contributed by atoms with Gasteiger partial charge in [0.1, 0.15) is 11.4 Å². The Labute approximate surface area is 226 Å². The first-order chi connectivity index (χ1) is 17.6. The van der Waals surface area contributed by atoms with E-state index >= 15 is 0 Å². The van der Waals surface area contributed by atoms with Crippen molar-refractivity contribution < 1.29 is 9.53 Å². The number of carbonyl (C=O) groups is 1. The molecule has 0 bridgehead atoms. The summed E-state index contributed by atoms with van der Waals surface area (Å²) >= 11 is 6.04. The highest BCUT2D eigenvalue weighted by Crippen LogP contribution is 2.56. The van der Waals surface area contributed by atoms with Crippen molar-refractivity contribution in [3.63, 3.8) is 0 Å². The molecule has 0 aliphatic carbocycles. The van der Waals surface area contributed by atoms with Crippen LogP contribution in [0.2, 0.25) is 5.02 Å². The Hall–Kier alpha value is -2.82. The number of fused-ring (bicyclic) bond motifs is 1. The van der Waals surface area contributed by atoms with Crippen LogP contribution in [0.5, 0.6) is 5.75 Å². The lowest BCUT2D eigenvalue weighted by Crippen LogP contribution is -2.48. The van der Waals surface area contributed by atoms with E-state index in [4.69, 9.17) is 16.3 Å². The van der Waals surface area contributed by atoms with Crippen molar-refractivity contribution in [2.75, 3.05) is 25.5 Å². The van der Waals surface area contributed by atoms with Gasteiger partial charge < -0.3 is 15.0 Å². The molecule has 0 saturated carbocycles. The predicted octanol–water partition coefficient (Wildman–Crippen LogP) is 7.63. The van der Waals surface area contributed by atoms with Crippen molar-refractivity contribution in [3.05, 3.63) is 92.5 Å². The van der Waals surface area contributed by atoms with E-state index in [-0.39, 0.29) is 17.4 Å². The topological polar surface area (TPSA) is 41.6 Å². The van der Waals surface area contributed by atoms with Crippen LogP contribution in [0.1, 0.15) is 82.3 Å². The highest BCUT2D eigenvalue weighted by Gasteiger charge is 2.52. The summed E-state index contributed by atoms with van der Waals surface area (Å²) in [5.41, 5.74) is 8.28. The second-order valence-corrected chi connectivity index (χ2v) is 11.6. The molecule has 2 aliphatic heterocycles. The Morgan fingerprint density at radius 2 is 1.59 bits per heavy atom. The van der Waals surface area contributed by atoms with Crippen molar-refractivity contribution in [3.8, 4) is 5.75 Å². The Balaban J connectivity index is 1.62. The largest absolute Gasteiger partial charge is 0.486 e. The standard InChI is InChI=1S/C32H37ClN2O2/c1-19(2)23-7-9-24(10-8-23)28-27-22(5)29(34-31(36)25-11-13-26(33)14-12-25)20(3)21(4)30(27)37-32(28)15-17-35(6)18-16-32/h7-14,19,28H,15-18H2,1-6H3,(H,34,36). The molecule has 1 spiro atoms. The van der Waals surface area contributed by atoms with Gasteiger partial charge in [0.2, 0.25) is 0 Å². The van der Waals surface area contributed by atoms with Crippen molar-refractivity contribution in [1.29, 1.82) is 0 Å². The summed E-state index contributed by atoms with van der Waals surface area (Å²) in [4.78, 5) is 15.6. The number of rotatable bonds is 4. The monoisotopic (exact) mass is 516 g/mol. The van der Waals surface area contributed by atoms with Crippen molar-refractivity contribution >= 4 is 23.2 Å². The van der Waals surface area contributed by atoms with Crippen LogP contribution >= 0.6 is 11.6 Å². The van der Waals surface area contributed by atoms with Crippen LogP contribution in [0.15, 0.2) is 48.5 Å². The first-order valence-electron chi connectivity index (χ1n) is 13.3. The third kappa shape index (κ3) is 4.55. The van der Waals surface area contributed by atoms with Gasteiger partial charge >= 0.3 is 0 Å². The molecule has 1 atom stereocenters. The SMILES string of the molecule is Cc1c(C)c2c(c(C)c1NC(=O)c1ccc(Cl)cc1)C(c1ccc(C(C)C)cc1)C1(CCN(C)CC1)O2. The maximum atomic E-state index is 13.2. The lowest BCUT2D eigenvalue weighted by atomic mass is 9.72. The molecule has 5 heteroatoms. The fourth-order valence-electron chi connectivity index (χ4n) is 6.06. The van der Waals surface area contributed by atoms with E-state index in [9.17, 15) is 4.79 Å². The Morgan fingerprint density at radius 1 is 0.973 bits per heavy atom. The number of hydrogen-bond acceptors (Lipinski definition) is 3. The molecule has 0 radical (unpaired) electrons. The van der Waals surface area contributed by atoms with Gasteiger partial charge in [0.25, 0.3) is 5.91 Å². The van der Waals surface area contributed by atoms with Gasteiger partial charge in [-0.1, -0.05) is 49.7 Å². The number of anilines is 1. The van der Waals surface area contributed by atoms with E-state index in [1.54, 1.807) is 24.3 Å². The molecule has 0 aromatic heterocycles. The molecule has 3 aromatic carbocycles. The zero-order chi connectivity index (χ0) is 26.5. The normalized spacial score (nSPS) is 18.6. The van der Waals surface area contributed by atoms with Gasteiger partial charge in [-0.05, 0) is 85.8 Å². The van der Waals surface area contributed by atoms with Crippen molar-refractivity contribution in [2.24, 2.45) is 0 Å². The number of hydrogen-bond donors (Lipinski definition) is 1. The third-order valence-corrected chi connectivity index (χ3v) is 8.79. The highest BCUT2D eigenvalue weighted by atomic mass is 35.5. The molecule has 37 heavy (non-hydrogen) atoms. The Morgan fingerprint density at radius 3 is 2.19 bits per heavy atom. The van der Waals surface area contributed by atoms with Crippen LogP contribution in [0.3, 0.4) is 0 Å². The van der Waals surface area contributed by atoms with Crippen LogP contribution in [0, 0.1) is 20.8 Å². The fourth-order valence-corrected chi connectivity index (χ4v) is 6.18. The summed E-state index contributed by atoms with van der Waals surface area (Å²) in [6.45, 7) is 12.8. The van der Waals surface area contributed by atoms with Gasteiger partial charge in [0, 0.05) is 47.8 Å². The number of carbonyl (C=O) groups excluding carboxylic acids is 1. The number of piperidine rings is 1. The molecule has 1 fully saturated rings. The molecular weight excluding hydrogens is 480 g/mol. The van der Waals surface area contributed by atoms with Gasteiger partial charge in [0.05, 0.1) is 5.92 Å². The molecule has 2 aliphatic rings. The van der Waals surface area contributed by atoms with Gasteiger partial charge in [-0.2, -0.15) is 0 Å². The minimum absolute atomic E-state index is 0.114. The average molecular weight is 517 g/mol. The minimum Gasteiger partial charge on any atom is -0.486 e. The second-order valence-electron chi connectivity index (χ2n) is 11.2. The molecule has 3 aromatic rings. The minimum atomic E-state index is -0.283. The number of nitrogens with zero attached hydrogens (tertiary/aromatic N) is 1. The zero-order valence-electron chi connectivity index (χ0n) is 22.7. The lowest BCUT2D eigenvalue weighted by Gasteiger charge is -2.41. The number of benzene rings is 3. The number of likely N-dealkylation sites (tertiary alicyclic amines) is 1. The molecule has 5 rings (SSSR count). The summed E-state index contributed by atoms with van der Waals surface area (Å²) in [5, 5.41) is 3.85. The highest BCUT2D eigenvalue weighted by molar-refractivity contribution is 6.30. The average Bonchev–Trinajstić information content (AvgIpc) is 3.22. The number of ether oxygens (including phenoxy) is 1. The summed E-state index contributed by atoms with van der Waals surface area (Å²) < 4.78 is 7.02. The first-order valence-corrected chi connectivity index (χ1v) is 13.7. The summed E-state index contributed by atoms with van der Waals surface area (Å²) in [6.07, 6.45) is 1.94. The first kappa shape index (κ1) is 25.8. The molecule has 4 nitrogen and oxygen atoms in total. The summed E-state index contributed by atoms with van der Waals surface area (Å²) in [6, 6.07) is 16.1. The predicted molar refractivity (Wildman–Crippen MR) is 153 cm³/mol. The van der Waals surface area contributed by atoms with Gasteiger partial charge in [-0.25, -0.2) is 0 Å². The summed E-state index contributed by atoms with van der Waals surface area (Å²) in [7, 11) is 2.19. The van der Waals surface area contributed by atoms with Crippen LogP contribution in [-0.2, 0) is 0 Å². The molecule has 1 N–H and O–H groups in total. The van der Waals surface area contributed by atoms with Crippen molar-refractivity contribution in [2.45, 2.75) is 64.9 Å². The van der Waals surface area contributed by atoms with E-state index in [1.807, 2.05) is 0 Å². The van der Waals surface area contributed by atoms with E-state index in [0.717, 1.165) is 54.1 Å². The number of halogens is 1. The molecule has 194 valence electrons. The van der Waals surface area contributed by atoms with Gasteiger partial charge in [-0.3, -0.25) is 4.79 Å². The maximum absolute atomic E-state index is 13.2. The van der Waals surface area contributed by atoms with Crippen LogP contribution in [0.4, 0.5) is 5.69 Å². The second kappa shape index (κ2) is 9.81. The van der Waals surface area contributed by atoms with Gasteiger partial charge in [-0.15, -0.1) is 0 Å². The van der Waals surface area contributed by atoms with E-state index < -0.39 is 0 Å². The fraction of sp³-hybridized carbons (Fsp3) is 0.406. The Bertz CT molecular complexity index is 1320. The summed E-state index contributed by atoms with van der Waals surface area (Å²) in [5.74, 6) is 1.47. The Kier molecular flexibility index (Phi) is 6.84. The van der Waals surface area contributed by atoms with E-state index in [0.29, 0.717) is 16.5 Å². The van der Waals surface area contributed by atoms with Crippen LogP contribution < -0.4 is 10.1 Å². The zero-order valence-corrected chi connectivity index (χ0v) is 23.5. The van der Waals surface area contributed by atoms with Crippen LogP contribution in [0.25, 0.3) is 0 Å². The number of nitrogens with one attached hydrogen (secondary N) is 1. The van der Waals surface area contributed by atoms with E-state index in [1.165, 1.54) is 16.7 Å². The van der Waals surface area contributed by atoms with Crippen LogP contribution in [-0.4, -0.2) is 36.5 Å². The lowest BCUT2D eigenvalue weighted by molar-refractivity contribution is 0.0145. The number of amides is 1. The molecular formula is C32H37ClN2O2. The van der Waals surface area contributed by atoms with Gasteiger partial charge in [0.15, 0.2) is 0 Å².